The molecule has 4 aliphatic carbocycles. The van der Waals surface area contributed by atoms with Crippen molar-refractivity contribution in [2.75, 3.05) is 0 Å². The molecule has 0 amide bonds. The minimum atomic E-state index is -0.324. The van der Waals surface area contributed by atoms with Crippen molar-refractivity contribution in [2.45, 2.75) is 78.2 Å². The highest BCUT2D eigenvalue weighted by molar-refractivity contribution is 6.05. The monoisotopic (exact) mass is 346 g/mol. The van der Waals surface area contributed by atoms with Crippen molar-refractivity contribution >= 4 is 17.5 Å². The van der Waals surface area contributed by atoms with Crippen LogP contribution in [0.3, 0.4) is 0 Å². The number of ether oxygens (including phenoxy) is 1. The molecule has 0 heterocycles. The molecule has 7 atom stereocenters. The minimum Gasteiger partial charge on any atom is -0.463 e. The summed E-state index contributed by atoms with van der Waals surface area (Å²) in [6, 6.07) is 0. The zero-order valence-electron chi connectivity index (χ0n) is 15.7. The lowest BCUT2D eigenvalue weighted by Gasteiger charge is -2.59. The fourth-order valence-corrected chi connectivity index (χ4v) is 7.27. The highest BCUT2D eigenvalue weighted by Gasteiger charge is 2.62. The number of ketones is 2. The van der Waals surface area contributed by atoms with E-state index < -0.39 is 0 Å². The molecule has 0 aromatic carbocycles. The van der Waals surface area contributed by atoms with Gasteiger partial charge in [-0.15, -0.1) is 0 Å². The molecule has 0 radical (unpaired) electrons. The SMILES string of the molecule is CC(=O)OC1CC[C@@H]2[C@H]3CC(=O)[C@@H]4C(=O)CC[C@@]4(C)[C@@H]3CCC2(C)C1. The zero-order valence-corrected chi connectivity index (χ0v) is 15.7. The summed E-state index contributed by atoms with van der Waals surface area (Å²) in [7, 11) is 0. The number of hydrogen-bond acceptors (Lipinski definition) is 4. The molecule has 0 aromatic rings. The molecule has 0 N–H and O–H groups in total. The molecule has 0 saturated heterocycles. The second kappa shape index (κ2) is 5.65. The number of fused-ring (bicyclic) bond motifs is 5. The molecule has 0 aromatic heterocycles. The summed E-state index contributed by atoms with van der Waals surface area (Å²) < 4.78 is 5.52. The second-order valence-corrected chi connectivity index (χ2v) is 9.66. The normalized spacial score (nSPS) is 49.2. The average molecular weight is 346 g/mol. The maximum atomic E-state index is 12.8. The van der Waals surface area contributed by atoms with Gasteiger partial charge in [-0.25, -0.2) is 0 Å². The fraction of sp³-hybridized carbons (Fsp3) is 0.857. The van der Waals surface area contributed by atoms with Gasteiger partial charge in [-0.2, -0.15) is 0 Å². The molecule has 2 unspecified atom stereocenters. The van der Waals surface area contributed by atoms with E-state index in [0.717, 1.165) is 38.5 Å². The van der Waals surface area contributed by atoms with Gasteiger partial charge in [-0.1, -0.05) is 13.8 Å². The summed E-state index contributed by atoms with van der Waals surface area (Å²) in [5.41, 5.74) is 0.0524. The Morgan fingerprint density at radius 3 is 2.52 bits per heavy atom. The van der Waals surface area contributed by atoms with Crippen molar-refractivity contribution in [3.05, 3.63) is 0 Å². The van der Waals surface area contributed by atoms with E-state index in [9.17, 15) is 14.4 Å². The smallest absolute Gasteiger partial charge is 0.302 e. The Morgan fingerprint density at radius 1 is 1.04 bits per heavy atom. The predicted octanol–water partition coefficient (Wildman–Crippen LogP) is 3.71. The van der Waals surface area contributed by atoms with E-state index in [4.69, 9.17) is 4.74 Å². The lowest BCUT2D eigenvalue weighted by atomic mass is 9.45. The molecule has 0 spiro atoms. The van der Waals surface area contributed by atoms with Crippen LogP contribution in [0.15, 0.2) is 0 Å². The van der Waals surface area contributed by atoms with Gasteiger partial charge >= 0.3 is 5.97 Å². The predicted molar refractivity (Wildman–Crippen MR) is 92.7 cm³/mol. The highest BCUT2D eigenvalue weighted by Crippen LogP contribution is 2.64. The molecule has 0 bridgehead atoms. The number of carbonyl (C=O) groups excluding carboxylic acids is 3. The molecule has 138 valence electrons. The van der Waals surface area contributed by atoms with Crippen LogP contribution in [0.5, 0.6) is 0 Å². The van der Waals surface area contributed by atoms with Gasteiger partial charge in [-0.3, -0.25) is 14.4 Å². The second-order valence-electron chi connectivity index (χ2n) is 9.66. The van der Waals surface area contributed by atoms with Gasteiger partial charge in [0.05, 0.1) is 5.92 Å². The van der Waals surface area contributed by atoms with Gasteiger partial charge < -0.3 is 4.74 Å². The van der Waals surface area contributed by atoms with Gasteiger partial charge in [-0.05, 0) is 67.1 Å². The van der Waals surface area contributed by atoms with E-state index in [0.29, 0.717) is 30.6 Å². The standard InChI is InChI=1S/C21H30O4/c1-12(22)25-13-4-5-15-14-10-18(24)19-17(23)7-9-21(19,3)16(14)6-8-20(15,2)11-13/h13-16,19H,4-11H2,1-3H3/t13?,14-,15-,16-,19+,20?,21+/m1/s1. The first-order valence-electron chi connectivity index (χ1n) is 9.97. The van der Waals surface area contributed by atoms with Crippen LogP contribution in [-0.4, -0.2) is 23.6 Å². The Bertz CT molecular complexity index is 625. The molecular formula is C21H30O4. The molecule has 4 rings (SSSR count). The number of carbonyl (C=O) groups is 3. The fourth-order valence-electron chi connectivity index (χ4n) is 7.27. The van der Waals surface area contributed by atoms with E-state index in [-0.39, 0.29) is 40.4 Å². The van der Waals surface area contributed by atoms with Crippen molar-refractivity contribution < 1.29 is 19.1 Å². The van der Waals surface area contributed by atoms with Gasteiger partial charge in [0.1, 0.15) is 17.7 Å². The van der Waals surface area contributed by atoms with Crippen LogP contribution in [0.2, 0.25) is 0 Å². The lowest BCUT2D eigenvalue weighted by molar-refractivity contribution is -0.163. The number of Topliss-reactive ketones (excluding diaryl/α,β-unsaturated/α-hetero) is 2. The molecular weight excluding hydrogens is 316 g/mol. The van der Waals surface area contributed by atoms with Gasteiger partial charge in [0.2, 0.25) is 0 Å². The summed E-state index contributed by atoms with van der Waals surface area (Å²) in [6.45, 7) is 6.04. The number of esters is 1. The summed E-state index contributed by atoms with van der Waals surface area (Å²) in [5.74, 6) is 1.33. The van der Waals surface area contributed by atoms with Crippen molar-refractivity contribution in [1.82, 2.24) is 0 Å². The summed E-state index contributed by atoms with van der Waals surface area (Å²) in [6.07, 6.45) is 7.22. The third-order valence-electron chi connectivity index (χ3n) is 8.28. The van der Waals surface area contributed by atoms with Crippen LogP contribution in [0.25, 0.3) is 0 Å². The van der Waals surface area contributed by atoms with Crippen molar-refractivity contribution in [3.8, 4) is 0 Å². The van der Waals surface area contributed by atoms with Crippen LogP contribution < -0.4 is 0 Å². The number of rotatable bonds is 1. The Kier molecular flexibility index (Phi) is 3.90. The van der Waals surface area contributed by atoms with Crippen molar-refractivity contribution in [2.24, 2.45) is 34.5 Å². The van der Waals surface area contributed by atoms with Crippen LogP contribution in [-0.2, 0) is 19.1 Å². The van der Waals surface area contributed by atoms with Crippen molar-refractivity contribution in [1.29, 1.82) is 0 Å². The van der Waals surface area contributed by atoms with E-state index in [1.165, 1.54) is 6.92 Å². The Balaban J connectivity index is 1.60. The van der Waals surface area contributed by atoms with E-state index in [1.807, 2.05) is 0 Å². The molecule has 4 heteroatoms. The molecule has 4 aliphatic rings. The van der Waals surface area contributed by atoms with Gasteiger partial charge in [0.15, 0.2) is 0 Å². The topological polar surface area (TPSA) is 60.4 Å². The van der Waals surface area contributed by atoms with E-state index in [1.54, 1.807) is 0 Å². The molecule has 4 fully saturated rings. The average Bonchev–Trinajstić information content (AvgIpc) is 2.82. The molecule has 4 nitrogen and oxygen atoms in total. The Hall–Kier alpha value is -1.19. The van der Waals surface area contributed by atoms with Crippen LogP contribution in [0, 0.1) is 34.5 Å². The molecule has 25 heavy (non-hydrogen) atoms. The van der Waals surface area contributed by atoms with E-state index in [2.05, 4.69) is 13.8 Å². The number of hydrogen-bond donors (Lipinski definition) is 0. The first-order valence-corrected chi connectivity index (χ1v) is 9.97. The maximum absolute atomic E-state index is 12.8. The largest absolute Gasteiger partial charge is 0.463 e. The van der Waals surface area contributed by atoms with Gasteiger partial charge in [0.25, 0.3) is 0 Å². The third kappa shape index (κ3) is 2.50. The molecule has 0 aliphatic heterocycles. The van der Waals surface area contributed by atoms with Crippen molar-refractivity contribution in [3.63, 3.8) is 0 Å². The van der Waals surface area contributed by atoms with E-state index >= 15 is 0 Å². The minimum absolute atomic E-state index is 0.0333. The maximum Gasteiger partial charge on any atom is 0.302 e. The first kappa shape index (κ1) is 17.2. The zero-order chi connectivity index (χ0) is 18.0. The van der Waals surface area contributed by atoms with Crippen LogP contribution in [0.1, 0.15) is 72.1 Å². The Labute approximate surface area is 150 Å². The van der Waals surface area contributed by atoms with Gasteiger partial charge in [0, 0.05) is 19.8 Å². The van der Waals surface area contributed by atoms with Crippen LogP contribution in [0.4, 0.5) is 0 Å². The Morgan fingerprint density at radius 2 is 1.80 bits per heavy atom. The third-order valence-corrected chi connectivity index (χ3v) is 8.28. The molecule has 4 saturated carbocycles. The summed E-state index contributed by atoms with van der Waals surface area (Å²) in [4.78, 5) is 36.5. The summed E-state index contributed by atoms with van der Waals surface area (Å²) >= 11 is 0. The summed E-state index contributed by atoms with van der Waals surface area (Å²) in [5, 5.41) is 0. The first-order chi connectivity index (χ1) is 11.7. The van der Waals surface area contributed by atoms with Crippen LogP contribution >= 0.6 is 0 Å². The lowest BCUT2D eigenvalue weighted by Crippen LogP contribution is -2.56. The highest BCUT2D eigenvalue weighted by atomic mass is 16.5. The quantitative estimate of drug-likeness (QED) is 0.536.